The Morgan fingerprint density at radius 3 is 2.57 bits per heavy atom. The molecule has 0 aromatic heterocycles. The second-order valence-electron chi connectivity index (χ2n) is 5.45. The van der Waals surface area contributed by atoms with E-state index in [1.54, 1.807) is 0 Å². The average molecular weight is 290 g/mol. The molecule has 1 aliphatic rings. The Kier molecular flexibility index (Phi) is 5.33. The monoisotopic (exact) mass is 290 g/mol. The third-order valence-corrected chi connectivity index (χ3v) is 3.95. The Morgan fingerprint density at radius 2 is 1.90 bits per heavy atom. The highest BCUT2D eigenvalue weighted by Gasteiger charge is 2.33. The predicted octanol–water partition coefficient (Wildman–Crippen LogP) is 1.54. The van der Waals surface area contributed by atoms with Crippen molar-refractivity contribution in [1.29, 1.82) is 0 Å². The first kappa shape index (κ1) is 15.5. The average Bonchev–Trinajstić information content (AvgIpc) is 2.50. The molecule has 1 unspecified atom stereocenters. The molecule has 1 aliphatic heterocycles. The molecule has 1 aromatic rings. The van der Waals surface area contributed by atoms with Crippen LogP contribution in [0.15, 0.2) is 24.3 Å². The van der Waals surface area contributed by atoms with Crippen molar-refractivity contribution in [2.24, 2.45) is 5.73 Å². The molecule has 1 heterocycles. The lowest BCUT2D eigenvalue weighted by Gasteiger charge is -2.34. The third kappa shape index (κ3) is 3.82. The molecule has 21 heavy (non-hydrogen) atoms. The Bertz CT molecular complexity index is 516. The van der Waals surface area contributed by atoms with E-state index in [0.717, 1.165) is 30.4 Å². The molecule has 0 radical (unpaired) electrons. The van der Waals surface area contributed by atoms with E-state index in [1.807, 2.05) is 24.3 Å². The normalized spacial score (nSPS) is 17.4. The quantitative estimate of drug-likeness (QED) is 0.778. The summed E-state index contributed by atoms with van der Waals surface area (Å²) in [7, 11) is 0. The minimum absolute atomic E-state index is 0.0751. The number of rotatable bonds is 6. The smallest absolute Gasteiger partial charge is 0.326 e. The number of hydrogen-bond acceptors (Lipinski definition) is 3. The summed E-state index contributed by atoms with van der Waals surface area (Å²) in [4.78, 5) is 25.3. The maximum Gasteiger partial charge on any atom is 0.326 e. The van der Waals surface area contributed by atoms with Crippen LogP contribution in [-0.4, -0.2) is 34.5 Å². The fourth-order valence-corrected chi connectivity index (χ4v) is 2.75. The van der Waals surface area contributed by atoms with Crippen molar-refractivity contribution in [2.75, 3.05) is 6.54 Å². The topological polar surface area (TPSA) is 83.6 Å². The van der Waals surface area contributed by atoms with Gasteiger partial charge in [-0.3, -0.25) is 4.79 Å². The maximum atomic E-state index is 12.3. The molecule has 0 aliphatic carbocycles. The van der Waals surface area contributed by atoms with Gasteiger partial charge in [0.15, 0.2) is 0 Å². The summed E-state index contributed by atoms with van der Waals surface area (Å²) in [6, 6.07) is 6.98. The summed E-state index contributed by atoms with van der Waals surface area (Å²) in [5.41, 5.74) is 7.50. The van der Waals surface area contributed by atoms with E-state index in [0.29, 0.717) is 25.9 Å². The van der Waals surface area contributed by atoms with E-state index in [4.69, 9.17) is 5.73 Å². The number of amides is 1. The second kappa shape index (κ2) is 7.22. The largest absolute Gasteiger partial charge is 0.480 e. The molecule has 3 N–H and O–H groups in total. The van der Waals surface area contributed by atoms with Gasteiger partial charge in [0.2, 0.25) is 5.91 Å². The summed E-state index contributed by atoms with van der Waals surface area (Å²) >= 11 is 0. The van der Waals surface area contributed by atoms with Crippen molar-refractivity contribution in [2.45, 2.75) is 44.7 Å². The molecule has 0 fully saturated rings. The van der Waals surface area contributed by atoms with Crippen molar-refractivity contribution in [3.63, 3.8) is 0 Å². The van der Waals surface area contributed by atoms with Crippen LogP contribution in [-0.2, 0) is 22.6 Å². The molecule has 0 saturated heterocycles. The number of unbranched alkanes of at least 4 members (excludes halogenated alkanes) is 2. The van der Waals surface area contributed by atoms with Crippen LogP contribution in [0, 0.1) is 0 Å². The fourth-order valence-electron chi connectivity index (χ4n) is 2.75. The third-order valence-electron chi connectivity index (χ3n) is 3.95. The van der Waals surface area contributed by atoms with Crippen LogP contribution in [0.5, 0.6) is 0 Å². The highest BCUT2D eigenvalue weighted by atomic mass is 16.4. The second-order valence-corrected chi connectivity index (χ2v) is 5.45. The zero-order chi connectivity index (χ0) is 15.2. The van der Waals surface area contributed by atoms with Crippen molar-refractivity contribution in [3.8, 4) is 0 Å². The van der Waals surface area contributed by atoms with Gasteiger partial charge in [0.05, 0.1) is 0 Å². The maximum absolute atomic E-state index is 12.3. The van der Waals surface area contributed by atoms with Gasteiger partial charge in [-0.2, -0.15) is 0 Å². The molecule has 1 amide bonds. The lowest BCUT2D eigenvalue weighted by Crippen LogP contribution is -2.48. The number of fused-ring (bicyclic) bond motifs is 1. The summed E-state index contributed by atoms with van der Waals surface area (Å²) in [6.07, 6.45) is 3.36. The number of carbonyl (C=O) groups excluding carboxylic acids is 1. The molecular formula is C16H22N2O3. The van der Waals surface area contributed by atoms with Gasteiger partial charge in [-0.15, -0.1) is 0 Å². The molecule has 0 saturated carbocycles. The Hall–Kier alpha value is -1.88. The molecule has 0 spiro atoms. The zero-order valence-corrected chi connectivity index (χ0v) is 12.1. The predicted molar refractivity (Wildman–Crippen MR) is 79.6 cm³/mol. The number of carbonyl (C=O) groups is 2. The minimum atomic E-state index is -0.931. The standard InChI is InChI=1S/C16H22N2O3/c17-9-5-1-2-8-15(19)18-11-13-7-4-3-6-12(13)10-14(18)16(20)21/h3-4,6-7,14H,1-2,5,8-11,17H2,(H,20,21). The molecule has 5 heteroatoms. The van der Waals surface area contributed by atoms with E-state index < -0.39 is 12.0 Å². The first-order chi connectivity index (χ1) is 10.1. The number of nitrogens with zero attached hydrogens (tertiary/aromatic N) is 1. The van der Waals surface area contributed by atoms with Gasteiger partial charge in [0.1, 0.15) is 6.04 Å². The number of carboxylic acids is 1. The van der Waals surface area contributed by atoms with Gasteiger partial charge >= 0.3 is 5.97 Å². The SMILES string of the molecule is NCCCCCC(=O)N1Cc2ccccc2CC1C(=O)O. The zero-order valence-electron chi connectivity index (χ0n) is 12.1. The first-order valence-electron chi connectivity index (χ1n) is 7.42. The van der Waals surface area contributed by atoms with E-state index >= 15 is 0 Å². The van der Waals surface area contributed by atoms with Crippen LogP contribution < -0.4 is 5.73 Å². The van der Waals surface area contributed by atoms with Gasteiger partial charge in [-0.25, -0.2) is 4.79 Å². The Balaban J connectivity index is 2.06. The van der Waals surface area contributed by atoms with Gasteiger partial charge in [0.25, 0.3) is 0 Å². The lowest BCUT2D eigenvalue weighted by molar-refractivity contribution is -0.151. The number of carboxylic acid groups (broad SMARTS) is 1. The van der Waals surface area contributed by atoms with Gasteiger partial charge in [-0.1, -0.05) is 30.7 Å². The van der Waals surface area contributed by atoms with E-state index in [9.17, 15) is 14.7 Å². The van der Waals surface area contributed by atoms with Gasteiger partial charge < -0.3 is 15.7 Å². The van der Waals surface area contributed by atoms with Gasteiger partial charge in [0, 0.05) is 19.4 Å². The van der Waals surface area contributed by atoms with Crippen LogP contribution in [0.1, 0.15) is 36.8 Å². The first-order valence-corrected chi connectivity index (χ1v) is 7.42. The molecule has 114 valence electrons. The van der Waals surface area contributed by atoms with Crippen LogP contribution in [0.3, 0.4) is 0 Å². The molecule has 1 atom stereocenters. The summed E-state index contributed by atoms with van der Waals surface area (Å²) < 4.78 is 0. The summed E-state index contributed by atoms with van der Waals surface area (Å²) in [5, 5.41) is 9.38. The molecule has 0 bridgehead atoms. The minimum Gasteiger partial charge on any atom is -0.480 e. The van der Waals surface area contributed by atoms with E-state index in [2.05, 4.69) is 0 Å². The van der Waals surface area contributed by atoms with E-state index in [1.165, 1.54) is 4.90 Å². The van der Waals surface area contributed by atoms with Crippen molar-refractivity contribution in [1.82, 2.24) is 4.90 Å². The highest BCUT2D eigenvalue weighted by Crippen LogP contribution is 2.24. The Labute approximate surface area is 124 Å². The van der Waals surface area contributed by atoms with Crippen LogP contribution >= 0.6 is 0 Å². The van der Waals surface area contributed by atoms with Crippen molar-refractivity contribution >= 4 is 11.9 Å². The van der Waals surface area contributed by atoms with Crippen molar-refractivity contribution in [3.05, 3.63) is 35.4 Å². The fraction of sp³-hybridized carbons (Fsp3) is 0.500. The Morgan fingerprint density at radius 1 is 1.19 bits per heavy atom. The van der Waals surface area contributed by atoms with Gasteiger partial charge in [-0.05, 0) is 30.5 Å². The van der Waals surface area contributed by atoms with Crippen LogP contribution in [0.4, 0.5) is 0 Å². The number of benzene rings is 1. The summed E-state index contributed by atoms with van der Waals surface area (Å²) in [5.74, 6) is -1.01. The molecule has 1 aromatic carbocycles. The van der Waals surface area contributed by atoms with E-state index in [-0.39, 0.29) is 5.91 Å². The summed E-state index contributed by atoms with van der Waals surface area (Å²) in [6.45, 7) is 1.02. The molecular weight excluding hydrogens is 268 g/mol. The van der Waals surface area contributed by atoms with Crippen molar-refractivity contribution < 1.29 is 14.7 Å². The highest BCUT2D eigenvalue weighted by molar-refractivity contribution is 5.84. The number of aliphatic carboxylic acids is 1. The lowest BCUT2D eigenvalue weighted by atomic mass is 9.93. The molecule has 2 rings (SSSR count). The van der Waals surface area contributed by atoms with Crippen LogP contribution in [0.2, 0.25) is 0 Å². The number of nitrogens with two attached hydrogens (primary N) is 1. The number of hydrogen-bond donors (Lipinski definition) is 2. The molecule has 5 nitrogen and oxygen atoms in total. The van der Waals surface area contributed by atoms with Crippen LogP contribution in [0.25, 0.3) is 0 Å².